The van der Waals surface area contributed by atoms with Crippen LogP contribution in [0.3, 0.4) is 0 Å². The minimum absolute atomic E-state index is 0.302. The van der Waals surface area contributed by atoms with E-state index in [-0.39, 0.29) is 5.82 Å². The molecule has 0 bridgehead atoms. The van der Waals surface area contributed by atoms with Crippen LogP contribution < -0.4 is 0 Å². The van der Waals surface area contributed by atoms with E-state index in [0.29, 0.717) is 29.5 Å². The summed E-state index contributed by atoms with van der Waals surface area (Å²) in [4.78, 5) is 11.3. The fraction of sp³-hybridized carbons (Fsp3) is 0.200. The van der Waals surface area contributed by atoms with Crippen LogP contribution in [0.5, 0.6) is 0 Å². The molecule has 6 heteroatoms. The van der Waals surface area contributed by atoms with Crippen molar-refractivity contribution < 1.29 is 4.39 Å². The number of hydrogen-bond donors (Lipinski definition) is 0. The van der Waals surface area contributed by atoms with Crippen LogP contribution in [0, 0.1) is 5.82 Å². The van der Waals surface area contributed by atoms with E-state index in [1.807, 2.05) is 53.9 Å². The molecule has 0 amide bonds. The molecule has 0 atom stereocenters. The number of benzene rings is 2. The minimum Gasteiger partial charge on any atom is -0.304 e. The van der Waals surface area contributed by atoms with Crippen LogP contribution in [0.4, 0.5) is 4.39 Å². The maximum atomic E-state index is 15.0. The molecule has 0 spiro atoms. The number of fused-ring (bicyclic) bond motifs is 3. The predicted molar refractivity (Wildman–Crippen MR) is 102 cm³/mol. The highest BCUT2D eigenvalue weighted by molar-refractivity contribution is 6.35. The zero-order valence-electron chi connectivity index (χ0n) is 14.6. The van der Waals surface area contributed by atoms with Gasteiger partial charge in [-0.05, 0) is 26.2 Å². The Balaban J connectivity index is 1.97. The third kappa shape index (κ3) is 2.83. The first kappa shape index (κ1) is 16.9. The number of hydrogen-bond acceptors (Lipinski definition) is 3. The largest absolute Gasteiger partial charge is 0.304 e. The average molecular weight is 369 g/mol. The number of imidazole rings is 1. The molecule has 2 aromatic carbocycles. The summed E-state index contributed by atoms with van der Waals surface area (Å²) in [6.07, 6.45) is 1.79. The van der Waals surface area contributed by atoms with Gasteiger partial charge in [-0.1, -0.05) is 41.9 Å². The first-order chi connectivity index (χ1) is 12.6. The molecule has 26 heavy (non-hydrogen) atoms. The fourth-order valence-electron chi connectivity index (χ4n) is 3.30. The van der Waals surface area contributed by atoms with Crippen molar-refractivity contribution in [2.45, 2.75) is 13.1 Å². The summed E-state index contributed by atoms with van der Waals surface area (Å²) in [5, 5.41) is 0.592. The second kappa shape index (κ2) is 6.67. The first-order valence-corrected chi connectivity index (χ1v) is 8.73. The lowest BCUT2D eigenvalue weighted by Crippen LogP contribution is -2.16. The van der Waals surface area contributed by atoms with Crippen molar-refractivity contribution in [3.63, 3.8) is 0 Å². The molecular formula is C20H18ClFN4. The van der Waals surface area contributed by atoms with Gasteiger partial charge in [-0.2, -0.15) is 0 Å². The summed E-state index contributed by atoms with van der Waals surface area (Å²) in [7, 11) is 3.95. The topological polar surface area (TPSA) is 33.4 Å². The van der Waals surface area contributed by atoms with Crippen molar-refractivity contribution in [3.8, 4) is 5.69 Å². The van der Waals surface area contributed by atoms with Gasteiger partial charge >= 0.3 is 0 Å². The van der Waals surface area contributed by atoms with Crippen LogP contribution in [0.2, 0.25) is 5.02 Å². The molecule has 0 radical (unpaired) electrons. The van der Waals surface area contributed by atoms with Crippen LogP contribution in [0.25, 0.3) is 5.69 Å². The summed E-state index contributed by atoms with van der Waals surface area (Å²) in [5.41, 5.74) is 3.60. The second-order valence-corrected chi connectivity index (χ2v) is 6.93. The van der Waals surface area contributed by atoms with E-state index in [2.05, 4.69) is 4.98 Å². The summed E-state index contributed by atoms with van der Waals surface area (Å²) in [6, 6.07) is 12.6. The Hall–Kier alpha value is -2.50. The maximum absolute atomic E-state index is 15.0. The number of rotatable bonds is 3. The Morgan fingerprint density at radius 2 is 1.88 bits per heavy atom. The lowest BCUT2D eigenvalue weighted by molar-refractivity contribution is 0.393. The van der Waals surface area contributed by atoms with Crippen LogP contribution in [0.1, 0.15) is 22.6 Å². The molecule has 3 aromatic rings. The van der Waals surface area contributed by atoms with Gasteiger partial charge in [0.05, 0.1) is 29.8 Å². The molecule has 132 valence electrons. The van der Waals surface area contributed by atoms with Gasteiger partial charge in [-0.15, -0.1) is 0 Å². The maximum Gasteiger partial charge on any atom is 0.147 e. The van der Waals surface area contributed by atoms with Crippen LogP contribution in [-0.2, 0) is 13.1 Å². The van der Waals surface area contributed by atoms with Gasteiger partial charge in [0, 0.05) is 22.7 Å². The van der Waals surface area contributed by atoms with Gasteiger partial charge in [-0.3, -0.25) is 9.56 Å². The zero-order chi connectivity index (χ0) is 18.3. The van der Waals surface area contributed by atoms with E-state index in [0.717, 1.165) is 22.6 Å². The van der Waals surface area contributed by atoms with E-state index < -0.39 is 0 Å². The molecule has 0 unspecified atom stereocenters. The second-order valence-electron chi connectivity index (χ2n) is 6.52. The SMILES string of the molecule is CN(C)Cc1cnc2n1-c1c(F)cccc1C(c1ccccc1Cl)=NC2. The van der Waals surface area contributed by atoms with Crippen molar-refractivity contribution in [2.75, 3.05) is 14.1 Å². The standard InChI is InChI=1S/C20H18ClFN4/c1-25(2)12-13-10-23-18-11-24-19(14-6-3-4-8-16(14)21)15-7-5-9-17(22)20(15)26(13)18/h3-10H,11-12H2,1-2H3. The lowest BCUT2D eigenvalue weighted by atomic mass is 10.00. The van der Waals surface area contributed by atoms with Gasteiger partial charge < -0.3 is 4.90 Å². The average Bonchev–Trinajstić information content (AvgIpc) is 2.90. The number of halogens is 2. The molecule has 0 saturated carbocycles. The summed E-state index contributed by atoms with van der Waals surface area (Å²) >= 11 is 6.40. The molecular weight excluding hydrogens is 351 g/mol. The van der Waals surface area contributed by atoms with E-state index in [9.17, 15) is 4.39 Å². The van der Waals surface area contributed by atoms with Gasteiger partial charge in [0.15, 0.2) is 0 Å². The highest BCUT2D eigenvalue weighted by atomic mass is 35.5. The highest BCUT2D eigenvalue weighted by Gasteiger charge is 2.25. The molecule has 0 saturated heterocycles. The Kier molecular flexibility index (Phi) is 4.34. The molecule has 0 N–H and O–H groups in total. The van der Waals surface area contributed by atoms with Crippen LogP contribution >= 0.6 is 11.6 Å². The quantitative estimate of drug-likeness (QED) is 0.698. The Morgan fingerprint density at radius 3 is 2.65 bits per heavy atom. The van der Waals surface area contributed by atoms with E-state index in [4.69, 9.17) is 16.6 Å². The number of aliphatic imine (C=N–C) groups is 1. The third-order valence-electron chi connectivity index (χ3n) is 4.36. The van der Waals surface area contributed by atoms with E-state index in [1.165, 1.54) is 6.07 Å². The Bertz CT molecular complexity index is 1010. The third-order valence-corrected chi connectivity index (χ3v) is 4.69. The smallest absolute Gasteiger partial charge is 0.147 e. The number of nitrogens with zero attached hydrogens (tertiary/aromatic N) is 4. The van der Waals surface area contributed by atoms with Crippen molar-refractivity contribution in [3.05, 3.63) is 82.1 Å². The molecule has 1 aromatic heterocycles. The molecule has 0 fully saturated rings. The number of aromatic nitrogens is 2. The van der Waals surface area contributed by atoms with Crippen molar-refractivity contribution in [2.24, 2.45) is 4.99 Å². The normalized spacial score (nSPS) is 13.2. The van der Waals surface area contributed by atoms with Crippen LogP contribution in [0.15, 0.2) is 53.7 Å². The molecule has 2 heterocycles. The van der Waals surface area contributed by atoms with Crippen molar-refractivity contribution in [1.82, 2.24) is 14.5 Å². The van der Waals surface area contributed by atoms with Crippen molar-refractivity contribution in [1.29, 1.82) is 0 Å². The van der Waals surface area contributed by atoms with Gasteiger partial charge in [0.1, 0.15) is 11.6 Å². The fourth-order valence-corrected chi connectivity index (χ4v) is 3.53. The van der Waals surface area contributed by atoms with Gasteiger partial charge in [0.25, 0.3) is 0 Å². The van der Waals surface area contributed by atoms with E-state index in [1.54, 1.807) is 12.3 Å². The Morgan fingerprint density at radius 1 is 1.12 bits per heavy atom. The molecule has 4 nitrogen and oxygen atoms in total. The molecule has 4 rings (SSSR count). The highest BCUT2D eigenvalue weighted by Crippen LogP contribution is 2.30. The monoisotopic (exact) mass is 368 g/mol. The minimum atomic E-state index is -0.302. The molecule has 1 aliphatic rings. The Labute approximate surface area is 156 Å². The van der Waals surface area contributed by atoms with Gasteiger partial charge in [-0.25, -0.2) is 9.37 Å². The summed E-state index contributed by atoms with van der Waals surface area (Å²) < 4.78 is 16.9. The molecule has 1 aliphatic heterocycles. The van der Waals surface area contributed by atoms with E-state index >= 15 is 0 Å². The number of para-hydroxylation sites is 1. The van der Waals surface area contributed by atoms with Gasteiger partial charge in [0.2, 0.25) is 0 Å². The summed E-state index contributed by atoms with van der Waals surface area (Å²) in [6.45, 7) is 1.02. The summed E-state index contributed by atoms with van der Waals surface area (Å²) in [5.74, 6) is 0.415. The zero-order valence-corrected chi connectivity index (χ0v) is 15.3. The predicted octanol–water partition coefficient (Wildman–Crippen LogP) is 4.08. The molecule has 0 aliphatic carbocycles. The first-order valence-electron chi connectivity index (χ1n) is 8.35. The van der Waals surface area contributed by atoms with Crippen LogP contribution in [-0.4, -0.2) is 34.3 Å². The lowest BCUT2D eigenvalue weighted by Gasteiger charge is -2.17. The van der Waals surface area contributed by atoms with Crippen molar-refractivity contribution >= 4 is 17.3 Å².